The highest BCUT2D eigenvalue weighted by atomic mass is 32.1. The Hall–Kier alpha value is -2.65. The Labute approximate surface area is 150 Å². The van der Waals surface area contributed by atoms with E-state index in [1.165, 1.54) is 15.3 Å². The number of amides is 1. The van der Waals surface area contributed by atoms with Gasteiger partial charge in [0.1, 0.15) is 5.54 Å². The minimum Gasteiger partial charge on any atom is -0.369 e. The van der Waals surface area contributed by atoms with E-state index < -0.39 is 5.54 Å². The Morgan fingerprint density at radius 2 is 2.20 bits per heavy atom. The van der Waals surface area contributed by atoms with Crippen LogP contribution < -0.4 is 5.73 Å². The summed E-state index contributed by atoms with van der Waals surface area (Å²) in [6, 6.07) is 4.25. The number of thiophene rings is 1. The number of carbonyl (C=O) groups is 1. The number of nitrogens with two attached hydrogens (primary N) is 1. The maximum atomic E-state index is 12.3. The molecule has 5 nitrogen and oxygen atoms in total. The van der Waals surface area contributed by atoms with Gasteiger partial charge < -0.3 is 5.73 Å². The first kappa shape index (κ1) is 15.9. The zero-order valence-electron chi connectivity index (χ0n) is 14.2. The number of guanidine groups is 1. The van der Waals surface area contributed by atoms with E-state index in [4.69, 9.17) is 10.7 Å². The largest absolute Gasteiger partial charge is 0.369 e. The SMILES string of the molecule is CC#Cc1cncc(-c2cc3c(s2)[C@]2(CC3)CC(=O)N(C)C(N)=N2)c1. The van der Waals surface area contributed by atoms with Crippen molar-refractivity contribution < 1.29 is 4.79 Å². The number of hydrogen-bond donors (Lipinski definition) is 1. The van der Waals surface area contributed by atoms with Crippen molar-refractivity contribution in [3.63, 3.8) is 0 Å². The van der Waals surface area contributed by atoms with Gasteiger partial charge in [-0.2, -0.15) is 0 Å². The molecule has 0 saturated heterocycles. The van der Waals surface area contributed by atoms with Gasteiger partial charge in [-0.1, -0.05) is 5.92 Å². The summed E-state index contributed by atoms with van der Waals surface area (Å²) in [4.78, 5) is 25.1. The van der Waals surface area contributed by atoms with Gasteiger partial charge in [-0.15, -0.1) is 17.3 Å². The van der Waals surface area contributed by atoms with E-state index in [0.29, 0.717) is 12.4 Å². The van der Waals surface area contributed by atoms with Crippen molar-refractivity contribution in [2.45, 2.75) is 31.7 Å². The zero-order valence-corrected chi connectivity index (χ0v) is 15.0. The van der Waals surface area contributed by atoms with E-state index in [9.17, 15) is 4.79 Å². The molecular formula is C19H18N4OS. The van der Waals surface area contributed by atoms with Crippen LogP contribution in [0.5, 0.6) is 0 Å². The van der Waals surface area contributed by atoms with E-state index in [-0.39, 0.29) is 5.91 Å². The van der Waals surface area contributed by atoms with Crippen LogP contribution in [0.3, 0.4) is 0 Å². The standard InChI is InChI=1S/C19H18N4OS/c1-3-4-12-7-14(11-21-10-12)15-8-13-5-6-19(17(13)25-15)9-16(24)23(2)18(20)22-19/h7-8,10-11H,5-6,9H2,1-2H3,(H2,20,22)/t19-/m0/s1. The normalized spacial score (nSPS) is 21.8. The molecule has 126 valence electrons. The first-order valence-corrected chi connectivity index (χ1v) is 8.97. The maximum Gasteiger partial charge on any atom is 0.231 e. The highest BCUT2D eigenvalue weighted by Crippen LogP contribution is 2.50. The molecule has 1 amide bonds. The molecule has 0 bridgehead atoms. The lowest BCUT2D eigenvalue weighted by Gasteiger charge is -2.33. The Morgan fingerprint density at radius 1 is 1.36 bits per heavy atom. The van der Waals surface area contributed by atoms with Crippen molar-refractivity contribution in [2.75, 3.05) is 7.05 Å². The molecule has 1 spiro atoms. The number of hydrogen-bond acceptors (Lipinski definition) is 5. The van der Waals surface area contributed by atoms with Crippen molar-refractivity contribution in [1.29, 1.82) is 0 Å². The fourth-order valence-corrected chi connectivity index (χ4v) is 4.85. The number of aryl methyl sites for hydroxylation is 1. The summed E-state index contributed by atoms with van der Waals surface area (Å²) < 4.78 is 0. The Balaban J connectivity index is 1.77. The van der Waals surface area contributed by atoms with Crippen LogP contribution in [0, 0.1) is 11.8 Å². The smallest absolute Gasteiger partial charge is 0.231 e. The first-order chi connectivity index (χ1) is 12.0. The van der Waals surface area contributed by atoms with Crippen molar-refractivity contribution in [1.82, 2.24) is 9.88 Å². The molecule has 0 saturated carbocycles. The van der Waals surface area contributed by atoms with E-state index >= 15 is 0 Å². The molecule has 1 atom stereocenters. The second-order valence-corrected chi connectivity index (χ2v) is 7.49. The monoisotopic (exact) mass is 350 g/mol. The van der Waals surface area contributed by atoms with Gasteiger partial charge in [-0.25, -0.2) is 4.99 Å². The average molecular weight is 350 g/mol. The van der Waals surface area contributed by atoms with Gasteiger partial charge in [-0.3, -0.25) is 14.7 Å². The van der Waals surface area contributed by atoms with E-state index in [2.05, 4.69) is 29.0 Å². The lowest BCUT2D eigenvalue weighted by Crippen LogP contribution is -2.47. The van der Waals surface area contributed by atoms with Gasteiger partial charge in [-0.05, 0) is 37.5 Å². The number of rotatable bonds is 1. The number of nitrogens with zero attached hydrogens (tertiary/aromatic N) is 3. The second-order valence-electron chi connectivity index (χ2n) is 6.43. The van der Waals surface area contributed by atoms with Crippen molar-refractivity contribution in [3.8, 4) is 22.3 Å². The number of carbonyl (C=O) groups excluding carboxylic acids is 1. The van der Waals surface area contributed by atoms with Gasteiger partial charge in [0.2, 0.25) is 5.91 Å². The second kappa shape index (κ2) is 5.71. The summed E-state index contributed by atoms with van der Waals surface area (Å²) in [5.74, 6) is 6.28. The third-order valence-corrected chi connectivity index (χ3v) is 6.24. The molecule has 2 aromatic heterocycles. The van der Waals surface area contributed by atoms with Crippen LogP contribution in [0.1, 0.15) is 35.8 Å². The quantitative estimate of drug-likeness (QED) is 0.803. The van der Waals surface area contributed by atoms with Crippen LogP contribution in [0.2, 0.25) is 0 Å². The Kier molecular flexibility index (Phi) is 3.62. The Bertz CT molecular complexity index is 965. The van der Waals surface area contributed by atoms with E-state index in [0.717, 1.165) is 28.8 Å². The lowest BCUT2D eigenvalue weighted by atomic mass is 9.93. The summed E-state index contributed by atoms with van der Waals surface area (Å²) in [5, 5.41) is 0. The molecule has 0 radical (unpaired) electrons. The predicted octanol–water partition coefficient (Wildman–Crippen LogP) is 2.50. The average Bonchev–Trinajstić information content (AvgIpc) is 3.15. The highest BCUT2D eigenvalue weighted by Gasteiger charge is 2.46. The van der Waals surface area contributed by atoms with Crippen LogP contribution in [-0.2, 0) is 16.8 Å². The van der Waals surface area contributed by atoms with E-state index in [1.807, 2.05) is 13.1 Å². The van der Waals surface area contributed by atoms with Crippen LogP contribution in [0.4, 0.5) is 0 Å². The number of aromatic nitrogens is 1. The third kappa shape index (κ3) is 2.52. The Morgan fingerprint density at radius 3 is 2.96 bits per heavy atom. The summed E-state index contributed by atoms with van der Waals surface area (Å²) >= 11 is 1.69. The number of pyridine rings is 1. The third-order valence-electron chi connectivity index (χ3n) is 4.82. The molecule has 25 heavy (non-hydrogen) atoms. The predicted molar refractivity (Wildman–Crippen MR) is 99.1 cm³/mol. The molecule has 1 aliphatic heterocycles. The highest BCUT2D eigenvalue weighted by molar-refractivity contribution is 7.15. The van der Waals surface area contributed by atoms with Crippen molar-refractivity contribution in [2.24, 2.45) is 10.7 Å². The maximum absolute atomic E-state index is 12.3. The molecule has 6 heteroatoms. The molecule has 0 unspecified atom stereocenters. The van der Waals surface area contributed by atoms with Crippen LogP contribution in [0.25, 0.3) is 10.4 Å². The molecule has 0 fully saturated rings. The fraction of sp³-hybridized carbons (Fsp3) is 0.316. The van der Waals surface area contributed by atoms with Gasteiger partial charge in [0, 0.05) is 40.3 Å². The minimum absolute atomic E-state index is 0.0252. The summed E-state index contributed by atoms with van der Waals surface area (Å²) in [5.41, 5.74) is 8.71. The fourth-order valence-electron chi connectivity index (χ4n) is 3.50. The molecule has 2 aromatic rings. The van der Waals surface area contributed by atoms with Crippen LogP contribution in [-0.4, -0.2) is 28.8 Å². The molecule has 0 aromatic carbocycles. The molecule has 3 heterocycles. The van der Waals surface area contributed by atoms with Crippen LogP contribution in [0.15, 0.2) is 29.5 Å². The van der Waals surface area contributed by atoms with Gasteiger partial charge >= 0.3 is 0 Å². The van der Waals surface area contributed by atoms with Crippen LogP contribution >= 0.6 is 11.3 Å². The van der Waals surface area contributed by atoms with E-state index in [1.54, 1.807) is 24.6 Å². The summed E-state index contributed by atoms with van der Waals surface area (Å²) in [6.45, 7) is 1.82. The topological polar surface area (TPSA) is 71.6 Å². The molecular weight excluding hydrogens is 332 g/mol. The molecule has 2 aliphatic rings. The zero-order chi connectivity index (χ0) is 17.6. The number of fused-ring (bicyclic) bond motifs is 2. The summed E-state index contributed by atoms with van der Waals surface area (Å²) in [7, 11) is 1.68. The molecule has 4 rings (SSSR count). The van der Waals surface area contributed by atoms with Gasteiger partial charge in [0.05, 0.1) is 6.42 Å². The van der Waals surface area contributed by atoms with Gasteiger partial charge in [0.25, 0.3) is 0 Å². The van der Waals surface area contributed by atoms with Gasteiger partial charge in [0.15, 0.2) is 5.96 Å². The molecule has 2 N–H and O–H groups in total. The van der Waals surface area contributed by atoms with Crippen molar-refractivity contribution >= 4 is 23.2 Å². The number of aliphatic imine (C=N–C) groups is 1. The minimum atomic E-state index is -0.486. The van der Waals surface area contributed by atoms with Crippen molar-refractivity contribution in [3.05, 3.63) is 40.5 Å². The summed E-state index contributed by atoms with van der Waals surface area (Å²) in [6.07, 6.45) is 5.77. The first-order valence-electron chi connectivity index (χ1n) is 8.16. The lowest BCUT2D eigenvalue weighted by molar-refractivity contribution is -0.128. The molecule has 1 aliphatic carbocycles.